The number of amides is 2. The summed E-state index contributed by atoms with van der Waals surface area (Å²) in [6.07, 6.45) is -1.19. The van der Waals surface area contributed by atoms with E-state index in [1.54, 1.807) is 24.3 Å². The summed E-state index contributed by atoms with van der Waals surface area (Å²) in [5.74, 6) is -0.884. The Morgan fingerprint density at radius 2 is 1.87 bits per heavy atom. The van der Waals surface area contributed by atoms with Crippen molar-refractivity contribution in [1.29, 1.82) is 0 Å². The minimum atomic E-state index is -1.30. The molecule has 2 amide bonds. The Morgan fingerprint density at radius 1 is 1.17 bits per heavy atom. The van der Waals surface area contributed by atoms with Gasteiger partial charge in [-0.1, -0.05) is 34.1 Å². The Bertz CT molecular complexity index is 707. The van der Waals surface area contributed by atoms with Crippen LogP contribution in [0.15, 0.2) is 53.0 Å². The van der Waals surface area contributed by atoms with E-state index < -0.39 is 23.9 Å². The monoisotopic (exact) mass is 380 g/mol. The quantitative estimate of drug-likeness (QED) is 0.743. The average molecular weight is 381 g/mol. The Hall–Kier alpha value is -2.41. The molecule has 23 heavy (non-hydrogen) atoms. The van der Waals surface area contributed by atoms with Crippen LogP contribution >= 0.6 is 15.9 Å². The van der Waals surface area contributed by atoms with Crippen molar-refractivity contribution in [3.8, 4) is 0 Å². The molecular formula is C16H14BrFN2O3. The molecule has 7 heteroatoms. The van der Waals surface area contributed by atoms with Gasteiger partial charge in [-0.15, -0.1) is 0 Å². The molecule has 0 aliphatic carbocycles. The fraction of sp³-hybridized carbons (Fsp3) is 0.125. The lowest BCUT2D eigenvalue weighted by molar-refractivity contribution is -0.118. The molecular weight excluding hydrogens is 367 g/mol. The van der Waals surface area contributed by atoms with Crippen molar-refractivity contribution in [3.05, 3.63) is 64.4 Å². The predicted molar refractivity (Wildman–Crippen MR) is 87.8 cm³/mol. The number of carboxylic acid groups (broad SMARTS) is 1. The number of halogens is 2. The minimum absolute atomic E-state index is 0.117. The van der Waals surface area contributed by atoms with E-state index in [1.165, 1.54) is 24.3 Å². The van der Waals surface area contributed by atoms with Crippen LogP contribution < -0.4 is 10.6 Å². The first kappa shape index (κ1) is 17.0. The van der Waals surface area contributed by atoms with Crippen LogP contribution in [0.25, 0.3) is 0 Å². The van der Waals surface area contributed by atoms with Crippen molar-refractivity contribution < 1.29 is 19.1 Å². The lowest BCUT2D eigenvalue weighted by atomic mass is 10.1. The molecule has 1 unspecified atom stereocenters. The fourth-order valence-corrected chi connectivity index (χ4v) is 2.41. The van der Waals surface area contributed by atoms with E-state index >= 15 is 0 Å². The van der Waals surface area contributed by atoms with Crippen molar-refractivity contribution >= 4 is 33.6 Å². The zero-order valence-corrected chi connectivity index (χ0v) is 13.5. The van der Waals surface area contributed by atoms with Gasteiger partial charge in [0.05, 0.1) is 0 Å². The number of rotatable bonds is 5. The summed E-state index contributed by atoms with van der Waals surface area (Å²) in [5, 5.41) is 13.7. The molecule has 0 aromatic heterocycles. The maximum atomic E-state index is 12.9. The summed E-state index contributed by atoms with van der Waals surface area (Å²) in [6, 6.07) is 11.5. The van der Waals surface area contributed by atoms with Crippen molar-refractivity contribution in [3.63, 3.8) is 0 Å². The standard InChI is InChI=1S/C16H14BrFN2O3/c17-11-2-1-3-13(9-11)19-15(21)14(20-16(22)23)8-10-4-6-12(18)7-5-10/h1-7,9,14,20H,8H2,(H,19,21)(H,22,23). The molecule has 0 saturated heterocycles. The Kier molecular flexibility index (Phi) is 5.70. The minimum Gasteiger partial charge on any atom is -0.465 e. The smallest absolute Gasteiger partial charge is 0.405 e. The molecule has 3 N–H and O–H groups in total. The Morgan fingerprint density at radius 3 is 2.48 bits per heavy atom. The van der Waals surface area contributed by atoms with Crippen LogP contribution in [0.4, 0.5) is 14.9 Å². The van der Waals surface area contributed by atoms with Gasteiger partial charge < -0.3 is 15.7 Å². The molecule has 2 aromatic rings. The molecule has 0 spiro atoms. The SMILES string of the molecule is O=C(O)NC(Cc1ccc(F)cc1)C(=O)Nc1cccc(Br)c1. The Labute approximate surface area is 140 Å². The highest BCUT2D eigenvalue weighted by Crippen LogP contribution is 2.16. The van der Waals surface area contributed by atoms with Gasteiger partial charge in [-0.05, 0) is 35.9 Å². The molecule has 0 radical (unpaired) electrons. The van der Waals surface area contributed by atoms with Crippen LogP contribution in [0, 0.1) is 5.82 Å². The van der Waals surface area contributed by atoms with Crippen LogP contribution in [-0.2, 0) is 11.2 Å². The molecule has 2 aromatic carbocycles. The number of carbonyl (C=O) groups is 2. The highest BCUT2D eigenvalue weighted by atomic mass is 79.9. The third kappa shape index (κ3) is 5.37. The summed E-state index contributed by atoms with van der Waals surface area (Å²) >= 11 is 3.29. The van der Waals surface area contributed by atoms with Crippen LogP contribution in [0.5, 0.6) is 0 Å². The van der Waals surface area contributed by atoms with E-state index in [2.05, 4.69) is 26.6 Å². The van der Waals surface area contributed by atoms with Crippen LogP contribution in [-0.4, -0.2) is 23.1 Å². The van der Waals surface area contributed by atoms with Gasteiger partial charge in [0, 0.05) is 16.6 Å². The van der Waals surface area contributed by atoms with Crippen LogP contribution in [0.3, 0.4) is 0 Å². The molecule has 0 fully saturated rings. The van der Waals surface area contributed by atoms with E-state index in [0.717, 1.165) is 4.47 Å². The van der Waals surface area contributed by atoms with Gasteiger partial charge >= 0.3 is 6.09 Å². The van der Waals surface area contributed by atoms with E-state index in [1.807, 2.05) is 0 Å². The van der Waals surface area contributed by atoms with Gasteiger partial charge in [0.15, 0.2) is 0 Å². The van der Waals surface area contributed by atoms with Gasteiger partial charge in [-0.3, -0.25) is 4.79 Å². The fourth-order valence-electron chi connectivity index (χ4n) is 2.01. The second kappa shape index (κ2) is 7.73. The number of anilines is 1. The second-order valence-electron chi connectivity index (χ2n) is 4.83. The third-order valence-corrected chi connectivity index (χ3v) is 3.55. The van der Waals surface area contributed by atoms with Gasteiger partial charge in [0.1, 0.15) is 11.9 Å². The van der Waals surface area contributed by atoms with Crippen molar-refractivity contribution in [2.75, 3.05) is 5.32 Å². The van der Waals surface area contributed by atoms with Gasteiger partial charge in [-0.25, -0.2) is 9.18 Å². The molecule has 2 rings (SSSR count). The normalized spacial score (nSPS) is 11.6. The maximum absolute atomic E-state index is 12.9. The predicted octanol–water partition coefficient (Wildman–Crippen LogP) is 3.41. The van der Waals surface area contributed by atoms with Gasteiger partial charge in [0.2, 0.25) is 5.91 Å². The molecule has 1 atom stereocenters. The highest BCUT2D eigenvalue weighted by molar-refractivity contribution is 9.10. The lowest BCUT2D eigenvalue weighted by Gasteiger charge is -2.17. The van der Waals surface area contributed by atoms with E-state index in [-0.39, 0.29) is 6.42 Å². The number of nitrogens with one attached hydrogen (secondary N) is 2. The molecule has 0 bridgehead atoms. The molecule has 5 nitrogen and oxygen atoms in total. The van der Waals surface area contributed by atoms with E-state index in [0.29, 0.717) is 11.3 Å². The third-order valence-electron chi connectivity index (χ3n) is 3.06. The van der Waals surface area contributed by atoms with E-state index in [4.69, 9.17) is 5.11 Å². The summed E-state index contributed by atoms with van der Waals surface area (Å²) in [5.41, 5.74) is 1.19. The lowest BCUT2D eigenvalue weighted by Crippen LogP contribution is -2.44. The molecule has 0 heterocycles. The Balaban J connectivity index is 2.11. The summed E-state index contributed by atoms with van der Waals surface area (Å²) < 4.78 is 13.7. The average Bonchev–Trinajstić information content (AvgIpc) is 2.48. The topological polar surface area (TPSA) is 78.4 Å². The first-order valence-corrected chi connectivity index (χ1v) is 7.53. The van der Waals surface area contributed by atoms with Gasteiger partial charge in [0.25, 0.3) is 0 Å². The van der Waals surface area contributed by atoms with Crippen molar-refractivity contribution in [2.24, 2.45) is 0 Å². The number of carbonyl (C=O) groups excluding carboxylic acids is 1. The second-order valence-corrected chi connectivity index (χ2v) is 5.75. The van der Waals surface area contributed by atoms with Gasteiger partial charge in [-0.2, -0.15) is 0 Å². The zero-order chi connectivity index (χ0) is 16.8. The van der Waals surface area contributed by atoms with Crippen molar-refractivity contribution in [1.82, 2.24) is 5.32 Å². The number of hydrogen-bond donors (Lipinski definition) is 3. The molecule has 0 aliphatic rings. The first-order chi connectivity index (χ1) is 10.9. The van der Waals surface area contributed by atoms with Crippen molar-refractivity contribution in [2.45, 2.75) is 12.5 Å². The molecule has 0 aliphatic heterocycles. The number of benzene rings is 2. The highest BCUT2D eigenvalue weighted by Gasteiger charge is 2.21. The molecule has 120 valence electrons. The summed E-state index contributed by atoms with van der Waals surface area (Å²) in [6.45, 7) is 0. The van der Waals surface area contributed by atoms with Crippen LogP contribution in [0.1, 0.15) is 5.56 Å². The van der Waals surface area contributed by atoms with E-state index in [9.17, 15) is 14.0 Å². The summed E-state index contributed by atoms with van der Waals surface area (Å²) in [7, 11) is 0. The molecule has 0 saturated carbocycles. The summed E-state index contributed by atoms with van der Waals surface area (Å²) in [4.78, 5) is 23.2. The zero-order valence-electron chi connectivity index (χ0n) is 11.9. The maximum Gasteiger partial charge on any atom is 0.405 e. The first-order valence-electron chi connectivity index (χ1n) is 6.74. The largest absolute Gasteiger partial charge is 0.465 e. The number of hydrogen-bond acceptors (Lipinski definition) is 2. The van der Waals surface area contributed by atoms with Crippen LogP contribution in [0.2, 0.25) is 0 Å².